The molecule has 240 valence electrons. The van der Waals surface area contributed by atoms with Crippen LogP contribution in [0.2, 0.25) is 0 Å². The highest BCUT2D eigenvalue weighted by Crippen LogP contribution is 2.50. The number of hydrogen-bond donors (Lipinski definition) is 1. The molecule has 1 N–H and O–H groups in total. The van der Waals surface area contributed by atoms with Crippen molar-refractivity contribution >= 4 is 11.7 Å². The maximum absolute atomic E-state index is 16.3. The van der Waals surface area contributed by atoms with E-state index in [2.05, 4.69) is 27.1 Å². The lowest BCUT2D eigenvalue weighted by Gasteiger charge is -2.61. The number of carbonyl (C=O) groups excluding carboxylic acids is 2. The minimum atomic E-state index is -1.20. The summed E-state index contributed by atoms with van der Waals surface area (Å²) >= 11 is 0. The highest BCUT2D eigenvalue weighted by Gasteiger charge is 2.60. The number of rotatable bonds is 8. The number of likely N-dealkylation sites (tertiary alicyclic amines) is 1. The second kappa shape index (κ2) is 12.8. The number of hydrogen-bond acceptors (Lipinski definition) is 7. The topological polar surface area (TPSA) is 78.0 Å². The van der Waals surface area contributed by atoms with Crippen molar-refractivity contribution < 1.29 is 18.7 Å². The normalized spacial score (nSPS) is 38.4. The van der Waals surface area contributed by atoms with Crippen LogP contribution >= 0.6 is 0 Å². The van der Waals surface area contributed by atoms with Crippen molar-refractivity contribution in [2.45, 2.75) is 113 Å². The van der Waals surface area contributed by atoms with Crippen LogP contribution in [0.3, 0.4) is 0 Å². The average Bonchev–Trinajstić information content (AvgIpc) is 3.46. The van der Waals surface area contributed by atoms with Crippen molar-refractivity contribution in [3.05, 3.63) is 41.9 Å². The molecule has 10 atom stereocenters. The lowest BCUT2D eigenvalue weighted by molar-refractivity contribution is -0.220. The minimum absolute atomic E-state index is 0.00852. The summed E-state index contributed by atoms with van der Waals surface area (Å²) in [6, 6.07) is 5.73. The first-order valence-electron chi connectivity index (χ1n) is 17.3. The number of nitrogens with one attached hydrogen (secondary N) is 1. The fourth-order valence-corrected chi connectivity index (χ4v) is 9.65. The van der Waals surface area contributed by atoms with E-state index in [0.717, 1.165) is 44.5 Å². The van der Waals surface area contributed by atoms with Crippen LogP contribution in [0.1, 0.15) is 69.9 Å². The first kappa shape index (κ1) is 30.3. The van der Waals surface area contributed by atoms with Gasteiger partial charge in [0.2, 0.25) is 0 Å². The summed E-state index contributed by atoms with van der Waals surface area (Å²) < 4.78 is 23.3. The third kappa shape index (κ3) is 5.62. The van der Waals surface area contributed by atoms with Crippen LogP contribution in [0.25, 0.3) is 0 Å². The number of fused-ring (bicyclic) bond motifs is 4. The van der Waals surface area contributed by atoms with Gasteiger partial charge in [-0.3, -0.25) is 14.6 Å². The Labute approximate surface area is 261 Å². The van der Waals surface area contributed by atoms with Crippen LogP contribution in [0.5, 0.6) is 0 Å². The summed E-state index contributed by atoms with van der Waals surface area (Å²) in [5, 5.41) is 3.61. The molecule has 7 rings (SSSR count). The molecule has 0 spiro atoms. The van der Waals surface area contributed by atoms with Gasteiger partial charge >= 0.3 is 0 Å². The lowest BCUT2D eigenvalue weighted by Crippen LogP contribution is -2.74. The molecule has 3 aliphatic heterocycles. The number of amides is 1. The number of ketones is 1. The minimum Gasteiger partial charge on any atom is -0.369 e. The number of carbonyl (C=O) groups is 2. The van der Waals surface area contributed by atoms with Gasteiger partial charge in [-0.2, -0.15) is 0 Å². The Hall–Kier alpha value is -2.36. The molecule has 8 nitrogen and oxygen atoms in total. The molecule has 1 aromatic rings. The van der Waals surface area contributed by atoms with Crippen LogP contribution < -0.4 is 5.32 Å². The van der Waals surface area contributed by atoms with Crippen LogP contribution in [-0.2, 0) is 20.7 Å². The Morgan fingerprint density at radius 3 is 2.80 bits per heavy atom. The Morgan fingerprint density at radius 1 is 1.14 bits per heavy atom. The maximum Gasteiger partial charge on any atom is 0.258 e. The monoisotopic (exact) mass is 607 g/mol. The molecule has 0 aromatic carbocycles. The summed E-state index contributed by atoms with van der Waals surface area (Å²) in [6.45, 7) is 2.33. The summed E-state index contributed by atoms with van der Waals surface area (Å²) in [6.07, 6.45) is 13.2. The van der Waals surface area contributed by atoms with Crippen LogP contribution in [0, 0.1) is 17.8 Å². The SMILES string of the molecule is CN(CCc1ccccn1)C(=O)C1=CN2C3CCC4CCCCC4C3OC3C(NCCC4CCCN4C)C(F)CC(C1=O)C32. The Balaban J connectivity index is 1.15. The molecule has 2 saturated heterocycles. The maximum atomic E-state index is 16.3. The molecule has 0 radical (unpaired) electrons. The average molecular weight is 608 g/mol. The molecule has 3 saturated carbocycles. The van der Waals surface area contributed by atoms with Gasteiger partial charge in [0.1, 0.15) is 6.17 Å². The van der Waals surface area contributed by atoms with Crippen molar-refractivity contribution in [2.75, 3.05) is 33.7 Å². The van der Waals surface area contributed by atoms with Gasteiger partial charge in [-0.25, -0.2) is 4.39 Å². The van der Waals surface area contributed by atoms with Crippen molar-refractivity contribution in [1.82, 2.24) is 25.0 Å². The summed E-state index contributed by atoms with van der Waals surface area (Å²) in [7, 11) is 3.94. The molecule has 5 fully saturated rings. The van der Waals surface area contributed by atoms with Crippen LogP contribution in [-0.4, -0.2) is 108 Å². The molecule has 6 aliphatic rings. The van der Waals surface area contributed by atoms with E-state index >= 15 is 4.39 Å². The highest BCUT2D eigenvalue weighted by molar-refractivity contribution is 6.20. The number of pyridine rings is 1. The Kier molecular flexibility index (Phi) is 8.81. The van der Waals surface area contributed by atoms with Gasteiger partial charge < -0.3 is 24.8 Å². The van der Waals surface area contributed by atoms with E-state index in [1.165, 1.54) is 32.1 Å². The number of likely N-dealkylation sites (N-methyl/N-ethyl adjacent to an activating group) is 1. The van der Waals surface area contributed by atoms with Crippen LogP contribution in [0.15, 0.2) is 36.2 Å². The fraction of sp³-hybridized carbons (Fsp3) is 0.743. The number of ether oxygens (including phenoxy) is 1. The molecule has 1 amide bonds. The van der Waals surface area contributed by atoms with E-state index in [-0.39, 0.29) is 41.9 Å². The van der Waals surface area contributed by atoms with Crippen LogP contribution in [0.4, 0.5) is 4.39 Å². The molecule has 10 unspecified atom stereocenters. The number of Topliss-reactive ketones (excluding diaryl/α,β-unsaturated/α-hetero) is 1. The van der Waals surface area contributed by atoms with Gasteiger partial charge in [0.05, 0.1) is 35.9 Å². The van der Waals surface area contributed by atoms with E-state index in [1.807, 2.05) is 24.4 Å². The number of aromatic nitrogens is 1. The predicted molar refractivity (Wildman–Crippen MR) is 166 cm³/mol. The zero-order chi connectivity index (χ0) is 30.4. The van der Waals surface area contributed by atoms with Gasteiger partial charge in [0.15, 0.2) is 5.78 Å². The zero-order valence-electron chi connectivity index (χ0n) is 26.5. The predicted octanol–water partition coefficient (Wildman–Crippen LogP) is 3.76. The largest absolute Gasteiger partial charge is 0.369 e. The second-order valence-corrected chi connectivity index (χ2v) is 14.5. The van der Waals surface area contributed by atoms with Crippen molar-refractivity contribution in [1.29, 1.82) is 0 Å². The first-order chi connectivity index (χ1) is 21.4. The van der Waals surface area contributed by atoms with E-state index in [0.29, 0.717) is 30.8 Å². The third-order valence-corrected chi connectivity index (χ3v) is 12.0. The van der Waals surface area contributed by atoms with E-state index in [1.54, 1.807) is 18.1 Å². The smallest absolute Gasteiger partial charge is 0.258 e. The van der Waals surface area contributed by atoms with Gasteiger partial charge in [-0.1, -0.05) is 25.3 Å². The van der Waals surface area contributed by atoms with Gasteiger partial charge in [0, 0.05) is 50.1 Å². The molecule has 44 heavy (non-hydrogen) atoms. The summed E-state index contributed by atoms with van der Waals surface area (Å²) in [5.74, 6) is 0.0495. The van der Waals surface area contributed by atoms with E-state index in [9.17, 15) is 9.59 Å². The highest BCUT2D eigenvalue weighted by atomic mass is 19.1. The van der Waals surface area contributed by atoms with Gasteiger partial charge in [-0.15, -0.1) is 0 Å². The summed E-state index contributed by atoms with van der Waals surface area (Å²) in [5.41, 5.74) is 1.12. The standard InChI is InChI=1S/C35H50FN5O3/c1-39-18-7-10-24(39)14-17-38-30-28(36)20-26-31-34(30)44-33-25-11-4-3-8-22(25)12-13-29(33)41(31)21-27(32(26)42)35(43)40(2)19-15-23-9-5-6-16-37-23/h5-6,9,16,21-22,24-26,28-31,33-34,38H,3-4,7-8,10-15,17-20H2,1-2H3. The van der Waals surface area contributed by atoms with Crippen molar-refractivity contribution in [3.63, 3.8) is 0 Å². The molecule has 3 aliphatic carbocycles. The van der Waals surface area contributed by atoms with Gasteiger partial charge in [0.25, 0.3) is 5.91 Å². The molecule has 9 heteroatoms. The zero-order valence-corrected chi connectivity index (χ0v) is 26.5. The molecule has 1 aromatic heterocycles. The molecular formula is C35H50FN5O3. The lowest BCUT2D eigenvalue weighted by atomic mass is 9.64. The number of halogens is 1. The Morgan fingerprint density at radius 2 is 2.00 bits per heavy atom. The summed E-state index contributed by atoms with van der Waals surface area (Å²) in [4.78, 5) is 38.7. The molecule has 0 bridgehead atoms. The van der Waals surface area contributed by atoms with E-state index in [4.69, 9.17) is 4.74 Å². The Bertz CT molecular complexity index is 1230. The number of morpholine rings is 1. The molecular weight excluding hydrogens is 557 g/mol. The third-order valence-electron chi connectivity index (χ3n) is 12.0. The first-order valence-corrected chi connectivity index (χ1v) is 17.3. The number of nitrogens with zero attached hydrogens (tertiary/aromatic N) is 4. The molecule has 4 heterocycles. The van der Waals surface area contributed by atoms with Gasteiger partial charge in [-0.05, 0) is 89.1 Å². The quantitative estimate of drug-likeness (QED) is 0.451. The number of alkyl halides is 1. The van der Waals surface area contributed by atoms with E-state index < -0.39 is 24.2 Å². The second-order valence-electron chi connectivity index (χ2n) is 14.5. The van der Waals surface area contributed by atoms with Crippen molar-refractivity contribution in [2.24, 2.45) is 17.8 Å². The fourth-order valence-electron chi connectivity index (χ4n) is 9.65. The van der Waals surface area contributed by atoms with Crippen molar-refractivity contribution in [3.8, 4) is 0 Å².